The molecule has 1 aromatic carbocycles. The molecule has 140 valence electrons. The van der Waals surface area contributed by atoms with Gasteiger partial charge in [-0.15, -0.1) is 11.3 Å². The average molecular weight is 414 g/mol. The van der Waals surface area contributed by atoms with E-state index in [1.165, 1.54) is 21.9 Å². The molecule has 1 N–H and O–H groups in total. The van der Waals surface area contributed by atoms with Crippen molar-refractivity contribution in [2.24, 2.45) is 0 Å². The summed E-state index contributed by atoms with van der Waals surface area (Å²) in [6.07, 6.45) is 0. The molecule has 9 heteroatoms. The van der Waals surface area contributed by atoms with Gasteiger partial charge in [0.05, 0.1) is 9.23 Å². The van der Waals surface area contributed by atoms with Crippen molar-refractivity contribution < 1.29 is 13.2 Å². The van der Waals surface area contributed by atoms with Gasteiger partial charge in [-0.1, -0.05) is 29.3 Å². The summed E-state index contributed by atoms with van der Waals surface area (Å²) in [5.74, 6) is 0. The number of carbonyl (C=O) groups excluding carboxylic acids is 1. The molecule has 0 radical (unpaired) electrons. The van der Waals surface area contributed by atoms with E-state index in [2.05, 4.69) is 9.62 Å². The Balaban J connectivity index is 1.54. The first-order valence-electron chi connectivity index (χ1n) is 8.18. The number of hydrogen-bond acceptors (Lipinski definition) is 5. The van der Waals surface area contributed by atoms with E-state index in [-0.39, 0.29) is 4.90 Å². The van der Waals surface area contributed by atoms with Crippen LogP contribution in [-0.2, 0) is 16.6 Å². The number of hydrogen-bond donors (Lipinski definition) is 1. The van der Waals surface area contributed by atoms with Gasteiger partial charge in [0.15, 0.2) is 0 Å². The molecule has 6 nitrogen and oxygen atoms in total. The third kappa shape index (κ3) is 4.76. The molecular formula is C17H20ClN3O3S2. The van der Waals surface area contributed by atoms with Crippen LogP contribution in [0, 0.1) is 6.92 Å². The molecule has 0 spiro atoms. The number of sulfonamides is 1. The van der Waals surface area contributed by atoms with Crippen LogP contribution < -0.4 is 4.72 Å². The largest absolute Gasteiger partial charge is 0.331 e. The highest BCUT2D eigenvalue weighted by atomic mass is 35.5. The fourth-order valence-corrected chi connectivity index (χ4v) is 4.82. The maximum absolute atomic E-state index is 12.3. The van der Waals surface area contributed by atoms with Crippen LogP contribution in [0.3, 0.4) is 0 Å². The molecule has 0 unspecified atom stereocenters. The first-order valence-corrected chi connectivity index (χ1v) is 10.9. The summed E-state index contributed by atoms with van der Waals surface area (Å²) < 4.78 is 27.6. The van der Waals surface area contributed by atoms with Crippen molar-refractivity contribution in [1.82, 2.24) is 14.5 Å². The Kier molecular flexibility index (Phi) is 5.86. The first kappa shape index (κ1) is 19.2. The summed E-state index contributed by atoms with van der Waals surface area (Å²) in [6.45, 7) is 5.00. The lowest BCUT2D eigenvalue weighted by molar-refractivity contribution is 0.139. The minimum atomic E-state index is -3.85. The molecule has 3 rings (SSSR count). The quantitative estimate of drug-likeness (QED) is 0.836. The topological polar surface area (TPSA) is 69.7 Å². The van der Waals surface area contributed by atoms with Gasteiger partial charge in [-0.3, -0.25) is 4.90 Å². The first-order chi connectivity index (χ1) is 12.3. The van der Waals surface area contributed by atoms with Gasteiger partial charge in [-0.2, -0.15) is 0 Å². The van der Waals surface area contributed by atoms with Crippen molar-refractivity contribution in [3.63, 3.8) is 0 Å². The number of thiophene rings is 1. The van der Waals surface area contributed by atoms with E-state index in [9.17, 15) is 13.2 Å². The van der Waals surface area contributed by atoms with Gasteiger partial charge in [0, 0.05) is 37.6 Å². The van der Waals surface area contributed by atoms with Gasteiger partial charge in [0.2, 0.25) is 0 Å². The Bertz CT molecular complexity index is 873. The lowest BCUT2D eigenvalue weighted by atomic mass is 10.2. The van der Waals surface area contributed by atoms with Gasteiger partial charge >= 0.3 is 6.03 Å². The summed E-state index contributed by atoms with van der Waals surface area (Å²) in [6, 6.07) is 9.69. The second kappa shape index (κ2) is 7.96. The minimum Gasteiger partial charge on any atom is -0.321 e. The highest BCUT2D eigenvalue weighted by Crippen LogP contribution is 2.23. The van der Waals surface area contributed by atoms with Crippen LogP contribution in [0.15, 0.2) is 41.3 Å². The van der Waals surface area contributed by atoms with Gasteiger partial charge in [0.25, 0.3) is 10.0 Å². The molecule has 2 amide bonds. The van der Waals surface area contributed by atoms with E-state index in [0.29, 0.717) is 26.2 Å². The Labute approximate surface area is 162 Å². The minimum absolute atomic E-state index is 0.0876. The Morgan fingerprint density at radius 3 is 2.35 bits per heavy atom. The molecular weight excluding hydrogens is 394 g/mol. The maximum atomic E-state index is 12.3. The van der Waals surface area contributed by atoms with Crippen molar-refractivity contribution >= 4 is 39.0 Å². The predicted molar refractivity (Wildman–Crippen MR) is 103 cm³/mol. The standard InChI is InChI=1S/C17H20ClN3O3S2/c1-13-2-5-15(6-3-13)26(23,24)19-17(22)21-10-8-20(9-11-21)12-14-4-7-16(18)25-14/h2-7H,8-12H2,1H3,(H,19,22). The van der Waals surface area contributed by atoms with Gasteiger partial charge in [0.1, 0.15) is 0 Å². The molecule has 1 aliphatic rings. The zero-order valence-electron chi connectivity index (χ0n) is 14.3. The number of rotatable bonds is 4. The van der Waals surface area contributed by atoms with Crippen LogP contribution in [-0.4, -0.2) is 50.4 Å². The second-order valence-electron chi connectivity index (χ2n) is 6.19. The summed E-state index contributed by atoms with van der Waals surface area (Å²) >= 11 is 7.49. The van der Waals surface area contributed by atoms with Gasteiger partial charge in [-0.05, 0) is 31.2 Å². The van der Waals surface area contributed by atoms with Crippen molar-refractivity contribution in [2.45, 2.75) is 18.4 Å². The van der Waals surface area contributed by atoms with E-state index in [1.807, 2.05) is 19.1 Å². The van der Waals surface area contributed by atoms with Crippen LogP contribution >= 0.6 is 22.9 Å². The lowest BCUT2D eigenvalue weighted by Crippen LogP contribution is -2.52. The monoisotopic (exact) mass is 413 g/mol. The van der Waals surface area contributed by atoms with Crippen LogP contribution in [0.4, 0.5) is 4.79 Å². The van der Waals surface area contributed by atoms with Crippen LogP contribution in [0.1, 0.15) is 10.4 Å². The van der Waals surface area contributed by atoms with Crippen molar-refractivity contribution in [2.75, 3.05) is 26.2 Å². The lowest BCUT2D eigenvalue weighted by Gasteiger charge is -2.34. The molecule has 1 saturated heterocycles. The van der Waals surface area contributed by atoms with E-state index < -0.39 is 16.1 Å². The number of carbonyl (C=O) groups is 1. The van der Waals surface area contributed by atoms with E-state index in [0.717, 1.165) is 16.4 Å². The van der Waals surface area contributed by atoms with Crippen molar-refractivity contribution in [3.8, 4) is 0 Å². The molecule has 2 aromatic rings. The molecule has 0 atom stereocenters. The molecule has 1 aromatic heterocycles. The maximum Gasteiger partial charge on any atom is 0.331 e. The highest BCUT2D eigenvalue weighted by molar-refractivity contribution is 7.90. The number of nitrogens with zero attached hydrogens (tertiary/aromatic N) is 2. The van der Waals surface area contributed by atoms with Crippen LogP contribution in [0.2, 0.25) is 4.34 Å². The zero-order valence-corrected chi connectivity index (χ0v) is 16.7. The molecule has 1 fully saturated rings. The smallest absolute Gasteiger partial charge is 0.321 e. The summed E-state index contributed by atoms with van der Waals surface area (Å²) in [5.41, 5.74) is 0.957. The van der Waals surface area contributed by atoms with E-state index in [4.69, 9.17) is 11.6 Å². The summed E-state index contributed by atoms with van der Waals surface area (Å²) in [7, 11) is -3.85. The number of urea groups is 1. The molecule has 26 heavy (non-hydrogen) atoms. The van der Waals surface area contributed by atoms with Gasteiger partial charge < -0.3 is 4.90 Å². The van der Waals surface area contributed by atoms with Crippen molar-refractivity contribution in [1.29, 1.82) is 0 Å². The Morgan fingerprint density at radius 2 is 1.77 bits per heavy atom. The fraction of sp³-hybridized carbons (Fsp3) is 0.353. The third-order valence-electron chi connectivity index (χ3n) is 4.22. The number of halogens is 1. The predicted octanol–water partition coefficient (Wildman–Crippen LogP) is 2.93. The summed E-state index contributed by atoms with van der Waals surface area (Å²) in [5, 5.41) is 0. The molecule has 2 heterocycles. The van der Waals surface area contributed by atoms with Crippen LogP contribution in [0.25, 0.3) is 0 Å². The number of nitrogens with one attached hydrogen (secondary N) is 1. The fourth-order valence-electron chi connectivity index (χ4n) is 2.72. The number of amides is 2. The summed E-state index contributed by atoms with van der Waals surface area (Å²) in [4.78, 5) is 17.3. The van der Waals surface area contributed by atoms with Gasteiger partial charge in [-0.25, -0.2) is 17.9 Å². The Morgan fingerprint density at radius 1 is 1.12 bits per heavy atom. The average Bonchev–Trinajstić information content (AvgIpc) is 3.00. The molecule has 0 saturated carbocycles. The number of aryl methyl sites for hydroxylation is 1. The SMILES string of the molecule is Cc1ccc(S(=O)(=O)NC(=O)N2CCN(Cc3ccc(Cl)s3)CC2)cc1. The molecule has 0 aliphatic carbocycles. The number of benzene rings is 1. The van der Waals surface area contributed by atoms with Crippen molar-refractivity contribution in [3.05, 3.63) is 51.2 Å². The normalized spacial score (nSPS) is 15.8. The molecule has 0 bridgehead atoms. The highest BCUT2D eigenvalue weighted by Gasteiger charge is 2.25. The third-order valence-corrected chi connectivity index (χ3v) is 6.77. The van der Waals surface area contributed by atoms with E-state index >= 15 is 0 Å². The van der Waals surface area contributed by atoms with Crippen LogP contribution in [0.5, 0.6) is 0 Å². The number of piperazine rings is 1. The van der Waals surface area contributed by atoms with E-state index in [1.54, 1.807) is 23.5 Å². The molecule has 1 aliphatic heterocycles. The second-order valence-corrected chi connectivity index (χ2v) is 9.67. The Hall–Kier alpha value is -1.61. The zero-order chi connectivity index (χ0) is 18.7.